The molecule has 0 radical (unpaired) electrons. The predicted molar refractivity (Wildman–Crippen MR) is 85.6 cm³/mol. The first-order valence-corrected chi connectivity index (χ1v) is 7.83. The van der Waals surface area contributed by atoms with Crippen LogP contribution in [0.3, 0.4) is 0 Å². The minimum atomic E-state index is -0.587. The highest BCUT2D eigenvalue weighted by Gasteiger charge is 2.20. The van der Waals surface area contributed by atoms with E-state index in [2.05, 4.69) is 21.2 Å². The Labute approximate surface area is 136 Å². The molecule has 0 aromatic heterocycles. The zero-order chi connectivity index (χ0) is 15.4. The molecular weight excluding hydrogens is 360 g/mol. The van der Waals surface area contributed by atoms with Crippen molar-refractivity contribution in [3.63, 3.8) is 0 Å². The van der Waals surface area contributed by atoms with Gasteiger partial charge in [0.05, 0.1) is 6.04 Å². The van der Waals surface area contributed by atoms with Crippen molar-refractivity contribution in [2.45, 2.75) is 19.4 Å². The van der Waals surface area contributed by atoms with Crippen LogP contribution in [0.2, 0.25) is 5.02 Å². The lowest BCUT2D eigenvalue weighted by atomic mass is 9.98. The second-order valence-electron chi connectivity index (χ2n) is 4.72. The summed E-state index contributed by atoms with van der Waals surface area (Å²) in [6, 6.07) is 8.59. The second kappa shape index (κ2) is 7.34. The molecule has 0 aliphatic rings. The number of rotatable bonds is 5. The summed E-state index contributed by atoms with van der Waals surface area (Å²) in [6.07, 6.45) is 0.900. The summed E-state index contributed by atoms with van der Waals surface area (Å²) in [5.41, 5.74) is 1.22. The van der Waals surface area contributed by atoms with E-state index in [0.717, 1.165) is 22.5 Å². The molecule has 0 amide bonds. The highest BCUT2D eigenvalue weighted by atomic mass is 79.9. The average molecular weight is 375 g/mol. The SMILES string of the molecule is CCCNC(c1ccc(F)cc1F)c1cc(Cl)ccc1Br. The molecule has 5 heteroatoms. The van der Waals surface area contributed by atoms with Crippen molar-refractivity contribution >= 4 is 27.5 Å². The van der Waals surface area contributed by atoms with Gasteiger partial charge in [-0.2, -0.15) is 0 Å². The molecule has 0 saturated heterocycles. The molecule has 0 aliphatic carbocycles. The zero-order valence-corrected chi connectivity index (χ0v) is 13.8. The van der Waals surface area contributed by atoms with Crippen molar-refractivity contribution in [1.82, 2.24) is 5.32 Å². The Bertz CT molecular complexity index is 634. The maximum absolute atomic E-state index is 14.1. The lowest BCUT2D eigenvalue weighted by molar-refractivity contribution is 0.532. The van der Waals surface area contributed by atoms with Crippen LogP contribution in [0.1, 0.15) is 30.5 Å². The monoisotopic (exact) mass is 373 g/mol. The molecule has 1 atom stereocenters. The summed E-state index contributed by atoms with van der Waals surface area (Å²) in [5, 5.41) is 3.85. The van der Waals surface area contributed by atoms with E-state index in [1.807, 2.05) is 13.0 Å². The normalized spacial score (nSPS) is 12.4. The molecule has 2 rings (SSSR count). The van der Waals surface area contributed by atoms with Gasteiger partial charge in [0, 0.05) is 21.1 Å². The number of hydrogen-bond donors (Lipinski definition) is 1. The maximum Gasteiger partial charge on any atom is 0.131 e. The summed E-state index contributed by atoms with van der Waals surface area (Å²) >= 11 is 9.51. The van der Waals surface area contributed by atoms with Crippen LogP contribution in [-0.4, -0.2) is 6.54 Å². The molecule has 0 heterocycles. The quantitative estimate of drug-likeness (QED) is 0.732. The Morgan fingerprint density at radius 3 is 2.57 bits per heavy atom. The van der Waals surface area contributed by atoms with Gasteiger partial charge in [-0.25, -0.2) is 8.78 Å². The van der Waals surface area contributed by atoms with E-state index in [-0.39, 0.29) is 0 Å². The second-order valence-corrected chi connectivity index (χ2v) is 6.01. The first kappa shape index (κ1) is 16.4. The van der Waals surface area contributed by atoms with Crippen molar-refractivity contribution in [2.24, 2.45) is 0 Å². The van der Waals surface area contributed by atoms with Crippen molar-refractivity contribution < 1.29 is 8.78 Å². The van der Waals surface area contributed by atoms with E-state index < -0.39 is 17.7 Å². The molecule has 0 aliphatic heterocycles. The highest BCUT2D eigenvalue weighted by molar-refractivity contribution is 9.10. The summed E-state index contributed by atoms with van der Waals surface area (Å²) in [5.74, 6) is -1.16. The molecule has 112 valence electrons. The van der Waals surface area contributed by atoms with Gasteiger partial charge in [0.15, 0.2) is 0 Å². The number of nitrogens with one attached hydrogen (secondary N) is 1. The fourth-order valence-electron chi connectivity index (χ4n) is 2.15. The number of hydrogen-bond acceptors (Lipinski definition) is 1. The molecule has 0 spiro atoms. The van der Waals surface area contributed by atoms with Crippen LogP contribution >= 0.6 is 27.5 Å². The first-order chi connectivity index (χ1) is 10.0. The van der Waals surface area contributed by atoms with Gasteiger partial charge in [-0.1, -0.05) is 40.5 Å². The van der Waals surface area contributed by atoms with Crippen LogP contribution in [0.25, 0.3) is 0 Å². The van der Waals surface area contributed by atoms with Crippen LogP contribution in [0.15, 0.2) is 40.9 Å². The lowest BCUT2D eigenvalue weighted by Gasteiger charge is -2.21. The Morgan fingerprint density at radius 2 is 1.90 bits per heavy atom. The van der Waals surface area contributed by atoms with E-state index in [4.69, 9.17) is 11.6 Å². The zero-order valence-electron chi connectivity index (χ0n) is 11.5. The van der Waals surface area contributed by atoms with E-state index in [0.29, 0.717) is 17.1 Å². The highest BCUT2D eigenvalue weighted by Crippen LogP contribution is 2.32. The Morgan fingerprint density at radius 1 is 1.14 bits per heavy atom. The molecular formula is C16H15BrClF2N. The van der Waals surface area contributed by atoms with Gasteiger partial charge in [-0.3, -0.25) is 0 Å². The molecule has 1 nitrogen and oxygen atoms in total. The van der Waals surface area contributed by atoms with Gasteiger partial charge in [0.1, 0.15) is 11.6 Å². The summed E-state index contributed by atoms with van der Waals surface area (Å²) < 4.78 is 28.1. The van der Waals surface area contributed by atoms with Crippen LogP contribution in [0, 0.1) is 11.6 Å². The van der Waals surface area contributed by atoms with Crippen LogP contribution in [-0.2, 0) is 0 Å². The third kappa shape index (κ3) is 4.02. The van der Waals surface area contributed by atoms with E-state index in [1.165, 1.54) is 12.1 Å². The summed E-state index contributed by atoms with van der Waals surface area (Å²) in [7, 11) is 0. The maximum atomic E-state index is 14.1. The van der Waals surface area contributed by atoms with Gasteiger partial charge in [-0.05, 0) is 42.8 Å². The van der Waals surface area contributed by atoms with Crippen molar-refractivity contribution in [3.05, 3.63) is 68.7 Å². The third-order valence-corrected chi connectivity index (χ3v) is 4.10. The van der Waals surface area contributed by atoms with Crippen molar-refractivity contribution in [2.75, 3.05) is 6.54 Å². The van der Waals surface area contributed by atoms with Crippen LogP contribution in [0.5, 0.6) is 0 Å². The Hall–Kier alpha value is -0.970. The molecule has 2 aromatic carbocycles. The van der Waals surface area contributed by atoms with Crippen LogP contribution < -0.4 is 5.32 Å². The van der Waals surface area contributed by atoms with E-state index in [9.17, 15) is 8.78 Å². The topological polar surface area (TPSA) is 12.0 Å². The number of benzene rings is 2. The van der Waals surface area contributed by atoms with E-state index >= 15 is 0 Å². The minimum absolute atomic E-state index is 0.390. The van der Waals surface area contributed by atoms with Gasteiger partial charge in [-0.15, -0.1) is 0 Å². The van der Waals surface area contributed by atoms with Gasteiger partial charge in [0.2, 0.25) is 0 Å². The fourth-order valence-corrected chi connectivity index (χ4v) is 2.80. The van der Waals surface area contributed by atoms with Crippen LogP contribution in [0.4, 0.5) is 8.78 Å². The Balaban J connectivity index is 2.49. The smallest absolute Gasteiger partial charge is 0.131 e. The lowest BCUT2D eigenvalue weighted by Crippen LogP contribution is -2.24. The fraction of sp³-hybridized carbons (Fsp3) is 0.250. The molecule has 2 aromatic rings. The summed E-state index contributed by atoms with van der Waals surface area (Å²) in [6.45, 7) is 2.73. The van der Waals surface area contributed by atoms with Gasteiger partial charge in [0.25, 0.3) is 0 Å². The van der Waals surface area contributed by atoms with E-state index in [1.54, 1.807) is 12.1 Å². The molecule has 1 unspecified atom stereocenters. The first-order valence-electron chi connectivity index (χ1n) is 6.66. The molecule has 0 bridgehead atoms. The molecule has 1 N–H and O–H groups in total. The molecule has 0 saturated carbocycles. The summed E-state index contributed by atoms with van der Waals surface area (Å²) in [4.78, 5) is 0. The average Bonchev–Trinajstić information content (AvgIpc) is 2.44. The minimum Gasteiger partial charge on any atom is -0.306 e. The largest absolute Gasteiger partial charge is 0.306 e. The van der Waals surface area contributed by atoms with Gasteiger partial charge >= 0.3 is 0 Å². The third-order valence-electron chi connectivity index (χ3n) is 3.14. The number of halogens is 4. The Kier molecular flexibility index (Phi) is 5.73. The van der Waals surface area contributed by atoms with Crippen molar-refractivity contribution in [3.8, 4) is 0 Å². The van der Waals surface area contributed by atoms with Gasteiger partial charge < -0.3 is 5.32 Å². The molecule has 0 fully saturated rings. The van der Waals surface area contributed by atoms with Crippen molar-refractivity contribution in [1.29, 1.82) is 0 Å². The standard InChI is InChI=1S/C16H15BrClF2N/c1-2-7-21-16(12-5-4-11(19)9-15(12)20)13-8-10(18)3-6-14(13)17/h3-6,8-9,16,21H,2,7H2,1H3. The molecule has 21 heavy (non-hydrogen) atoms. The predicted octanol–water partition coefficient (Wildman–Crippen LogP) is 5.47.